The largest absolute Gasteiger partial charge is 0.369 e. The summed E-state index contributed by atoms with van der Waals surface area (Å²) >= 11 is 1.62. The van der Waals surface area contributed by atoms with E-state index in [1.165, 1.54) is 0 Å². The zero-order chi connectivity index (χ0) is 15.8. The number of carbonyl (C=O) groups excluding carboxylic acids is 1. The molecule has 1 amide bonds. The highest BCUT2D eigenvalue weighted by atomic mass is 32.1. The molecule has 4 rings (SSSR count). The van der Waals surface area contributed by atoms with E-state index in [1.807, 2.05) is 41.8 Å². The Morgan fingerprint density at radius 3 is 2.83 bits per heavy atom. The molecule has 23 heavy (non-hydrogen) atoms. The normalized spacial score (nSPS) is 17.7. The maximum atomic E-state index is 11.5. The molecular formula is C17H16N4OS. The quantitative estimate of drug-likeness (QED) is 0.804. The Kier molecular flexibility index (Phi) is 3.46. The molecule has 2 aromatic heterocycles. The molecule has 5 nitrogen and oxygen atoms in total. The third-order valence-corrected chi connectivity index (χ3v) is 5.08. The minimum atomic E-state index is -0.232. The summed E-state index contributed by atoms with van der Waals surface area (Å²) in [5.41, 5.74) is 6.38. The molecule has 0 aliphatic carbocycles. The van der Waals surface area contributed by atoms with Gasteiger partial charge in [-0.3, -0.25) is 4.79 Å². The fourth-order valence-electron chi connectivity index (χ4n) is 3.00. The number of para-hydroxylation sites is 1. The maximum Gasteiger partial charge on any atom is 0.222 e. The Balaban J connectivity index is 1.83. The molecule has 1 unspecified atom stereocenters. The van der Waals surface area contributed by atoms with Crippen molar-refractivity contribution >= 4 is 34.0 Å². The van der Waals surface area contributed by atoms with Crippen LogP contribution in [-0.4, -0.2) is 29.0 Å². The van der Waals surface area contributed by atoms with Crippen molar-refractivity contribution in [2.75, 3.05) is 18.0 Å². The van der Waals surface area contributed by atoms with Gasteiger partial charge in [-0.1, -0.05) is 18.2 Å². The Labute approximate surface area is 137 Å². The number of hydrogen-bond acceptors (Lipinski definition) is 5. The molecule has 116 valence electrons. The molecule has 3 aromatic rings. The number of carbonyl (C=O) groups is 1. The van der Waals surface area contributed by atoms with Gasteiger partial charge in [-0.25, -0.2) is 9.97 Å². The number of thiophene rings is 1. The van der Waals surface area contributed by atoms with Crippen LogP contribution in [0.25, 0.3) is 21.6 Å². The Morgan fingerprint density at radius 1 is 1.22 bits per heavy atom. The number of nitrogens with zero attached hydrogens (tertiary/aromatic N) is 3. The van der Waals surface area contributed by atoms with Gasteiger partial charge < -0.3 is 10.6 Å². The van der Waals surface area contributed by atoms with E-state index in [2.05, 4.69) is 9.88 Å². The Morgan fingerprint density at radius 2 is 2.09 bits per heavy atom. The van der Waals surface area contributed by atoms with Crippen LogP contribution in [0, 0.1) is 5.92 Å². The van der Waals surface area contributed by atoms with E-state index >= 15 is 0 Å². The van der Waals surface area contributed by atoms with Gasteiger partial charge in [0.05, 0.1) is 16.3 Å². The lowest BCUT2D eigenvalue weighted by Crippen LogP contribution is -2.28. The number of aromatic nitrogens is 2. The molecule has 0 bridgehead atoms. The third-order valence-electron chi connectivity index (χ3n) is 4.21. The lowest BCUT2D eigenvalue weighted by atomic mass is 10.1. The summed E-state index contributed by atoms with van der Waals surface area (Å²) in [6.07, 6.45) is 0.780. The molecule has 1 aliphatic rings. The van der Waals surface area contributed by atoms with Gasteiger partial charge in [0, 0.05) is 18.5 Å². The summed E-state index contributed by atoms with van der Waals surface area (Å²) in [6.45, 7) is 1.42. The minimum Gasteiger partial charge on any atom is -0.369 e. The predicted octanol–water partition coefficient (Wildman–Crippen LogP) is 2.67. The molecule has 0 spiro atoms. The molecule has 0 radical (unpaired) electrons. The van der Waals surface area contributed by atoms with Gasteiger partial charge in [-0.15, -0.1) is 11.3 Å². The van der Waals surface area contributed by atoms with Crippen LogP contribution in [0.5, 0.6) is 0 Å². The monoisotopic (exact) mass is 324 g/mol. The molecule has 1 atom stereocenters. The number of anilines is 1. The van der Waals surface area contributed by atoms with Crippen molar-refractivity contribution in [1.82, 2.24) is 9.97 Å². The van der Waals surface area contributed by atoms with Crippen molar-refractivity contribution in [2.24, 2.45) is 11.7 Å². The summed E-state index contributed by atoms with van der Waals surface area (Å²) in [6, 6.07) is 12.0. The first kappa shape index (κ1) is 14.1. The van der Waals surface area contributed by atoms with Gasteiger partial charge in [-0.05, 0) is 30.0 Å². The number of hydrogen-bond donors (Lipinski definition) is 1. The van der Waals surface area contributed by atoms with Crippen LogP contribution in [0.4, 0.5) is 5.82 Å². The first-order chi connectivity index (χ1) is 11.2. The number of fused-ring (bicyclic) bond motifs is 1. The van der Waals surface area contributed by atoms with Crippen molar-refractivity contribution in [1.29, 1.82) is 0 Å². The van der Waals surface area contributed by atoms with E-state index in [4.69, 9.17) is 10.7 Å². The van der Waals surface area contributed by atoms with Crippen LogP contribution >= 0.6 is 11.3 Å². The van der Waals surface area contributed by atoms with Crippen LogP contribution < -0.4 is 10.6 Å². The average molecular weight is 324 g/mol. The van der Waals surface area contributed by atoms with Crippen LogP contribution in [0.3, 0.4) is 0 Å². The average Bonchev–Trinajstić information content (AvgIpc) is 3.25. The molecule has 1 aromatic carbocycles. The second-order valence-electron chi connectivity index (χ2n) is 5.70. The van der Waals surface area contributed by atoms with E-state index in [9.17, 15) is 4.79 Å². The number of nitrogens with two attached hydrogens (primary N) is 1. The van der Waals surface area contributed by atoms with Gasteiger partial charge in [0.1, 0.15) is 5.82 Å². The topological polar surface area (TPSA) is 72.1 Å². The highest BCUT2D eigenvalue weighted by Crippen LogP contribution is 2.32. The molecule has 3 heterocycles. The van der Waals surface area contributed by atoms with Gasteiger partial charge in [-0.2, -0.15) is 0 Å². The van der Waals surface area contributed by atoms with Gasteiger partial charge in [0.2, 0.25) is 5.91 Å². The number of rotatable bonds is 3. The molecule has 0 saturated carbocycles. The SMILES string of the molecule is NC(=O)C1CCN(c2nc(-c3cccs3)nc3ccccc23)C1. The number of amides is 1. The van der Waals surface area contributed by atoms with Crippen molar-refractivity contribution in [2.45, 2.75) is 6.42 Å². The summed E-state index contributed by atoms with van der Waals surface area (Å²) in [7, 11) is 0. The Hall–Kier alpha value is -2.47. The fourth-order valence-corrected chi connectivity index (χ4v) is 3.66. The van der Waals surface area contributed by atoms with Crippen LogP contribution in [0.1, 0.15) is 6.42 Å². The van der Waals surface area contributed by atoms with E-state index in [-0.39, 0.29) is 11.8 Å². The van der Waals surface area contributed by atoms with E-state index < -0.39 is 0 Å². The van der Waals surface area contributed by atoms with Gasteiger partial charge >= 0.3 is 0 Å². The standard InChI is InChI=1S/C17H16N4OS/c18-15(22)11-7-8-21(10-11)17-12-4-1-2-5-13(12)19-16(20-17)14-6-3-9-23-14/h1-6,9,11H,7-8,10H2,(H2,18,22). The first-order valence-electron chi connectivity index (χ1n) is 7.57. The molecular weight excluding hydrogens is 308 g/mol. The fraction of sp³-hybridized carbons (Fsp3) is 0.235. The smallest absolute Gasteiger partial charge is 0.222 e. The minimum absolute atomic E-state index is 0.103. The number of primary amides is 1. The Bertz CT molecular complexity index is 862. The van der Waals surface area contributed by atoms with E-state index in [1.54, 1.807) is 11.3 Å². The summed E-state index contributed by atoms with van der Waals surface area (Å²) in [5.74, 6) is 1.29. The third kappa shape index (κ3) is 2.55. The zero-order valence-corrected chi connectivity index (χ0v) is 13.3. The highest BCUT2D eigenvalue weighted by molar-refractivity contribution is 7.13. The molecule has 1 aliphatic heterocycles. The molecule has 6 heteroatoms. The van der Waals surface area contributed by atoms with Crippen LogP contribution in [-0.2, 0) is 4.79 Å². The molecule has 1 fully saturated rings. The van der Waals surface area contributed by atoms with Crippen molar-refractivity contribution < 1.29 is 4.79 Å². The van der Waals surface area contributed by atoms with Crippen molar-refractivity contribution in [3.05, 3.63) is 41.8 Å². The van der Waals surface area contributed by atoms with E-state index in [0.717, 1.165) is 40.4 Å². The predicted molar refractivity (Wildman–Crippen MR) is 92.4 cm³/mol. The lowest BCUT2D eigenvalue weighted by molar-refractivity contribution is -0.121. The second-order valence-corrected chi connectivity index (χ2v) is 6.65. The summed E-state index contributed by atoms with van der Waals surface area (Å²) < 4.78 is 0. The second kappa shape index (κ2) is 5.62. The van der Waals surface area contributed by atoms with Crippen LogP contribution in [0.15, 0.2) is 41.8 Å². The molecule has 1 saturated heterocycles. The number of benzene rings is 1. The van der Waals surface area contributed by atoms with Crippen molar-refractivity contribution in [3.8, 4) is 10.7 Å². The summed E-state index contributed by atoms with van der Waals surface area (Å²) in [4.78, 5) is 24.1. The first-order valence-corrected chi connectivity index (χ1v) is 8.45. The van der Waals surface area contributed by atoms with Crippen LogP contribution in [0.2, 0.25) is 0 Å². The van der Waals surface area contributed by atoms with Gasteiger partial charge in [0.15, 0.2) is 5.82 Å². The molecule has 2 N–H and O–H groups in total. The summed E-state index contributed by atoms with van der Waals surface area (Å²) in [5, 5.41) is 3.03. The highest BCUT2D eigenvalue weighted by Gasteiger charge is 2.28. The van der Waals surface area contributed by atoms with Gasteiger partial charge in [0.25, 0.3) is 0 Å². The van der Waals surface area contributed by atoms with Crippen molar-refractivity contribution in [3.63, 3.8) is 0 Å². The maximum absolute atomic E-state index is 11.5. The zero-order valence-electron chi connectivity index (χ0n) is 12.5. The van der Waals surface area contributed by atoms with E-state index in [0.29, 0.717) is 6.54 Å². The lowest BCUT2D eigenvalue weighted by Gasteiger charge is -2.19.